The van der Waals surface area contributed by atoms with Crippen LogP contribution in [0.3, 0.4) is 0 Å². The van der Waals surface area contributed by atoms with E-state index in [1.54, 1.807) is 19.4 Å². The van der Waals surface area contributed by atoms with Gasteiger partial charge in [-0.25, -0.2) is 0 Å². The fourth-order valence-electron chi connectivity index (χ4n) is 3.44. The number of fused-ring (bicyclic) bond motifs is 1. The Morgan fingerprint density at radius 3 is 2.44 bits per heavy atom. The number of rotatable bonds is 7. The van der Waals surface area contributed by atoms with Crippen molar-refractivity contribution >= 4 is 38.6 Å². The minimum absolute atomic E-state index is 0.360. The normalized spacial score (nSPS) is 11.7. The first-order chi connectivity index (χ1) is 16.3. The Hall–Kier alpha value is -3.52. The molecule has 0 atom stereocenters. The van der Waals surface area contributed by atoms with Gasteiger partial charge in [-0.2, -0.15) is 18.3 Å². The molecule has 0 amide bonds. The van der Waals surface area contributed by atoms with Gasteiger partial charge in [-0.1, -0.05) is 42.5 Å². The van der Waals surface area contributed by atoms with E-state index in [1.807, 2.05) is 30.3 Å². The van der Waals surface area contributed by atoms with Crippen LogP contribution in [0.25, 0.3) is 10.8 Å². The summed E-state index contributed by atoms with van der Waals surface area (Å²) >= 11 is 3.53. The van der Waals surface area contributed by atoms with Crippen LogP contribution < -0.4 is 14.9 Å². The molecule has 0 heterocycles. The topological polar surface area (TPSA) is 42.8 Å². The monoisotopic (exact) mass is 528 g/mol. The standard InChI is InChI=1S/C26H20BrF3N2O2/c1-33-24-14-17(15-31-32-21-11-9-20(10-12-21)26(28,29)30)13-23(27)25(24)34-16-19-7-4-6-18-5-2-3-8-22(18)19/h2-15,32H,16H2,1H3/b31-15-. The summed E-state index contributed by atoms with van der Waals surface area (Å²) in [6.45, 7) is 0.360. The lowest BCUT2D eigenvalue weighted by molar-refractivity contribution is -0.137. The Bertz CT molecular complexity index is 1320. The van der Waals surface area contributed by atoms with Crippen molar-refractivity contribution in [3.63, 3.8) is 0 Å². The summed E-state index contributed by atoms with van der Waals surface area (Å²) in [5, 5.41) is 6.37. The second-order valence-electron chi connectivity index (χ2n) is 7.41. The lowest BCUT2D eigenvalue weighted by Gasteiger charge is -2.14. The molecule has 0 aliphatic heterocycles. The second kappa shape index (κ2) is 10.2. The maximum atomic E-state index is 12.7. The quantitative estimate of drug-likeness (QED) is 0.198. The third-order valence-electron chi connectivity index (χ3n) is 5.12. The zero-order valence-electron chi connectivity index (χ0n) is 18.1. The van der Waals surface area contributed by atoms with Gasteiger partial charge >= 0.3 is 6.18 Å². The molecule has 0 radical (unpaired) electrons. The molecule has 0 bridgehead atoms. The fraction of sp³-hybridized carbons (Fsp3) is 0.115. The zero-order chi connectivity index (χ0) is 24.1. The maximum absolute atomic E-state index is 12.7. The van der Waals surface area contributed by atoms with Crippen LogP contribution in [0.1, 0.15) is 16.7 Å². The molecule has 4 aromatic carbocycles. The molecule has 174 valence electrons. The van der Waals surface area contributed by atoms with Crippen molar-refractivity contribution in [2.75, 3.05) is 12.5 Å². The van der Waals surface area contributed by atoms with Gasteiger partial charge in [0.1, 0.15) is 6.61 Å². The number of alkyl halides is 3. The van der Waals surface area contributed by atoms with Crippen molar-refractivity contribution in [3.8, 4) is 11.5 Å². The zero-order valence-corrected chi connectivity index (χ0v) is 19.7. The van der Waals surface area contributed by atoms with Crippen LogP contribution in [0.4, 0.5) is 18.9 Å². The van der Waals surface area contributed by atoms with Crippen molar-refractivity contribution in [1.82, 2.24) is 0 Å². The van der Waals surface area contributed by atoms with Gasteiger partial charge in [0.25, 0.3) is 0 Å². The average molecular weight is 529 g/mol. The molecule has 0 aliphatic rings. The number of halogens is 4. The van der Waals surface area contributed by atoms with Gasteiger partial charge in [-0.3, -0.25) is 5.43 Å². The molecule has 4 nitrogen and oxygen atoms in total. The summed E-state index contributed by atoms with van der Waals surface area (Å²) in [6.07, 6.45) is -2.83. The minimum atomic E-state index is -4.37. The molecular weight excluding hydrogens is 509 g/mol. The van der Waals surface area contributed by atoms with E-state index < -0.39 is 11.7 Å². The molecule has 4 aromatic rings. The minimum Gasteiger partial charge on any atom is -0.493 e. The van der Waals surface area contributed by atoms with Gasteiger partial charge < -0.3 is 9.47 Å². The summed E-state index contributed by atoms with van der Waals surface area (Å²) < 4.78 is 50.3. The molecule has 4 rings (SSSR count). The van der Waals surface area contributed by atoms with Crippen LogP contribution in [-0.2, 0) is 12.8 Å². The summed E-state index contributed by atoms with van der Waals surface area (Å²) in [5.41, 5.74) is 4.21. The van der Waals surface area contributed by atoms with Gasteiger partial charge in [-0.15, -0.1) is 0 Å². The Labute approximate surface area is 203 Å². The molecule has 0 spiro atoms. The van der Waals surface area contributed by atoms with E-state index >= 15 is 0 Å². The van der Waals surface area contributed by atoms with E-state index in [9.17, 15) is 13.2 Å². The van der Waals surface area contributed by atoms with Gasteiger partial charge in [0.2, 0.25) is 0 Å². The van der Waals surface area contributed by atoms with E-state index in [1.165, 1.54) is 12.1 Å². The summed E-state index contributed by atoms with van der Waals surface area (Å²) in [6, 6.07) is 22.4. The number of hydrazone groups is 1. The van der Waals surface area contributed by atoms with E-state index in [0.29, 0.717) is 33.8 Å². The SMILES string of the molecule is COc1cc(/C=N\Nc2ccc(C(F)(F)F)cc2)cc(Br)c1OCc1cccc2ccccc12. The Kier molecular flexibility index (Phi) is 7.07. The van der Waals surface area contributed by atoms with Gasteiger partial charge in [0, 0.05) is 0 Å². The van der Waals surface area contributed by atoms with Gasteiger partial charge in [-0.05, 0) is 74.2 Å². The molecule has 34 heavy (non-hydrogen) atoms. The number of anilines is 1. The van der Waals surface area contributed by atoms with Crippen LogP contribution in [-0.4, -0.2) is 13.3 Å². The van der Waals surface area contributed by atoms with E-state index in [4.69, 9.17) is 9.47 Å². The maximum Gasteiger partial charge on any atom is 0.416 e. The predicted octanol–water partition coefficient (Wildman–Crippen LogP) is 7.65. The van der Waals surface area contributed by atoms with Gasteiger partial charge in [0.15, 0.2) is 11.5 Å². The molecule has 0 aliphatic carbocycles. The Morgan fingerprint density at radius 2 is 1.71 bits per heavy atom. The lowest BCUT2D eigenvalue weighted by atomic mass is 10.1. The van der Waals surface area contributed by atoms with Crippen LogP contribution in [0, 0.1) is 0 Å². The van der Waals surface area contributed by atoms with Crippen LogP contribution in [0.15, 0.2) is 88.4 Å². The van der Waals surface area contributed by atoms with Crippen molar-refractivity contribution in [3.05, 3.63) is 100 Å². The van der Waals surface area contributed by atoms with Crippen molar-refractivity contribution < 1.29 is 22.6 Å². The lowest BCUT2D eigenvalue weighted by Crippen LogP contribution is -2.04. The van der Waals surface area contributed by atoms with Crippen molar-refractivity contribution in [2.24, 2.45) is 5.10 Å². The summed E-state index contributed by atoms with van der Waals surface area (Å²) in [5.74, 6) is 1.08. The van der Waals surface area contributed by atoms with Crippen LogP contribution in [0.5, 0.6) is 11.5 Å². The molecule has 0 aromatic heterocycles. The largest absolute Gasteiger partial charge is 0.493 e. The third kappa shape index (κ3) is 5.51. The Balaban J connectivity index is 1.47. The summed E-state index contributed by atoms with van der Waals surface area (Å²) in [7, 11) is 1.55. The molecule has 0 saturated heterocycles. The van der Waals surface area contributed by atoms with Crippen molar-refractivity contribution in [1.29, 1.82) is 0 Å². The second-order valence-corrected chi connectivity index (χ2v) is 8.26. The average Bonchev–Trinajstić information content (AvgIpc) is 2.83. The highest BCUT2D eigenvalue weighted by Crippen LogP contribution is 2.37. The van der Waals surface area contributed by atoms with E-state index in [0.717, 1.165) is 28.5 Å². The van der Waals surface area contributed by atoms with Crippen molar-refractivity contribution in [2.45, 2.75) is 12.8 Å². The molecular formula is C26H20BrF3N2O2. The predicted molar refractivity (Wildman–Crippen MR) is 132 cm³/mol. The number of methoxy groups -OCH3 is 1. The first-order valence-corrected chi connectivity index (χ1v) is 11.1. The fourth-order valence-corrected chi connectivity index (χ4v) is 4.01. The highest BCUT2D eigenvalue weighted by Gasteiger charge is 2.29. The van der Waals surface area contributed by atoms with E-state index in [-0.39, 0.29) is 0 Å². The smallest absolute Gasteiger partial charge is 0.416 e. The number of benzene rings is 4. The van der Waals surface area contributed by atoms with Crippen LogP contribution >= 0.6 is 15.9 Å². The Morgan fingerprint density at radius 1 is 0.971 bits per heavy atom. The number of ether oxygens (including phenoxy) is 2. The molecule has 0 fully saturated rings. The number of hydrogen-bond acceptors (Lipinski definition) is 4. The number of nitrogens with zero attached hydrogens (tertiary/aromatic N) is 1. The molecule has 0 saturated carbocycles. The first kappa shape index (κ1) is 23.6. The van der Waals surface area contributed by atoms with E-state index in [2.05, 4.69) is 44.7 Å². The molecule has 0 unspecified atom stereocenters. The third-order valence-corrected chi connectivity index (χ3v) is 5.71. The van der Waals surface area contributed by atoms with Gasteiger partial charge in [0.05, 0.1) is 29.0 Å². The number of nitrogens with one attached hydrogen (secondary N) is 1. The number of hydrogen-bond donors (Lipinski definition) is 1. The molecule has 1 N–H and O–H groups in total. The highest BCUT2D eigenvalue weighted by atomic mass is 79.9. The van der Waals surface area contributed by atoms with Crippen LogP contribution in [0.2, 0.25) is 0 Å². The summed E-state index contributed by atoms with van der Waals surface area (Å²) in [4.78, 5) is 0. The molecule has 8 heteroatoms. The highest BCUT2D eigenvalue weighted by molar-refractivity contribution is 9.10. The first-order valence-electron chi connectivity index (χ1n) is 10.3.